The predicted molar refractivity (Wildman–Crippen MR) is 104 cm³/mol. The SMILES string of the molecule is COc1nccc2c(-c3cc(S(C)(=O)=O)ccc3OCC3CC3(F)F)cn(C)c12. The Morgan fingerprint density at radius 1 is 1.28 bits per heavy atom. The summed E-state index contributed by atoms with van der Waals surface area (Å²) in [7, 11) is -0.128. The summed E-state index contributed by atoms with van der Waals surface area (Å²) in [5.74, 6) is -2.73. The minimum Gasteiger partial charge on any atom is -0.492 e. The first kappa shape index (κ1) is 19.6. The largest absolute Gasteiger partial charge is 0.492 e. The number of rotatable bonds is 6. The number of alkyl halides is 2. The molecule has 9 heteroatoms. The van der Waals surface area contributed by atoms with Crippen molar-refractivity contribution in [1.82, 2.24) is 9.55 Å². The lowest BCUT2D eigenvalue weighted by molar-refractivity contribution is 0.0857. The van der Waals surface area contributed by atoms with Crippen molar-refractivity contribution in [2.24, 2.45) is 13.0 Å². The van der Waals surface area contributed by atoms with Gasteiger partial charge >= 0.3 is 0 Å². The molecule has 1 aromatic carbocycles. The van der Waals surface area contributed by atoms with Crippen molar-refractivity contribution in [2.75, 3.05) is 20.0 Å². The Morgan fingerprint density at radius 3 is 2.62 bits per heavy atom. The van der Waals surface area contributed by atoms with Gasteiger partial charge in [-0.2, -0.15) is 0 Å². The highest BCUT2D eigenvalue weighted by Crippen LogP contribution is 2.49. The van der Waals surface area contributed by atoms with Crippen LogP contribution in [0.3, 0.4) is 0 Å². The van der Waals surface area contributed by atoms with Gasteiger partial charge < -0.3 is 14.0 Å². The number of halogens is 2. The van der Waals surface area contributed by atoms with Gasteiger partial charge in [0.2, 0.25) is 5.88 Å². The van der Waals surface area contributed by atoms with Crippen LogP contribution in [0.4, 0.5) is 8.78 Å². The highest BCUT2D eigenvalue weighted by atomic mass is 32.2. The molecular weight excluding hydrogens is 402 g/mol. The molecule has 0 amide bonds. The molecule has 3 aromatic rings. The summed E-state index contributed by atoms with van der Waals surface area (Å²) in [6.45, 7) is -0.131. The summed E-state index contributed by atoms with van der Waals surface area (Å²) in [6.07, 6.45) is 4.33. The van der Waals surface area contributed by atoms with Crippen molar-refractivity contribution in [3.8, 4) is 22.8 Å². The van der Waals surface area contributed by atoms with E-state index in [-0.39, 0.29) is 17.9 Å². The van der Waals surface area contributed by atoms with Crippen LogP contribution in [-0.4, -0.2) is 43.9 Å². The monoisotopic (exact) mass is 422 g/mol. The van der Waals surface area contributed by atoms with Crippen molar-refractivity contribution < 1.29 is 26.7 Å². The van der Waals surface area contributed by atoms with Crippen LogP contribution in [0.5, 0.6) is 11.6 Å². The first-order valence-corrected chi connectivity index (χ1v) is 10.8. The molecule has 0 spiro atoms. The van der Waals surface area contributed by atoms with Gasteiger partial charge in [0.05, 0.1) is 24.5 Å². The minimum atomic E-state index is -3.47. The number of methoxy groups -OCH3 is 1. The zero-order valence-electron chi connectivity index (χ0n) is 16.1. The molecule has 154 valence electrons. The van der Waals surface area contributed by atoms with Gasteiger partial charge in [-0.25, -0.2) is 22.2 Å². The number of hydrogen-bond donors (Lipinski definition) is 0. The van der Waals surface area contributed by atoms with E-state index >= 15 is 0 Å². The molecule has 0 N–H and O–H groups in total. The third-order valence-corrected chi connectivity index (χ3v) is 6.22. The van der Waals surface area contributed by atoms with Gasteiger partial charge in [-0.3, -0.25) is 0 Å². The lowest BCUT2D eigenvalue weighted by Crippen LogP contribution is -2.07. The smallest absolute Gasteiger partial charge is 0.255 e. The Morgan fingerprint density at radius 2 is 2.00 bits per heavy atom. The maximum absolute atomic E-state index is 13.3. The summed E-state index contributed by atoms with van der Waals surface area (Å²) >= 11 is 0. The standard InChI is InChI=1S/C20H20F2N2O4S/c1-24-10-16(14-6-7-23-19(27-2)18(14)24)15-8-13(29(3,25)26)4-5-17(15)28-11-12-9-20(12,21)22/h4-8,10,12H,9,11H2,1-3H3. The van der Waals surface area contributed by atoms with Crippen LogP contribution >= 0.6 is 0 Å². The average Bonchev–Trinajstić information content (AvgIpc) is 3.14. The predicted octanol–water partition coefficient (Wildman–Crippen LogP) is 3.69. The Bertz CT molecular complexity index is 1200. The molecule has 0 saturated heterocycles. The molecule has 2 aromatic heterocycles. The molecule has 29 heavy (non-hydrogen) atoms. The molecule has 1 saturated carbocycles. The quantitative estimate of drug-likeness (QED) is 0.606. The van der Waals surface area contributed by atoms with E-state index in [1.54, 1.807) is 12.3 Å². The zero-order valence-corrected chi connectivity index (χ0v) is 17.0. The molecule has 1 fully saturated rings. The number of aromatic nitrogens is 2. The fraction of sp³-hybridized carbons (Fsp3) is 0.350. The van der Waals surface area contributed by atoms with Crippen LogP contribution in [-0.2, 0) is 16.9 Å². The van der Waals surface area contributed by atoms with Gasteiger partial charge in [-0.1, -0.05) is 0 Å². The number of pyridine rings is 1. The van der Waals surface area contributed by atoms with Gasteiger partial charge in [0.25, 0.3) is 5.92 Å². The number of hydrogen-bond acceptors (Lipinski definition) is 5. The summed E-state index contributed by atoms with van der Waals surface area (Å²) < 4.78 is 63.5. The zero-order chi connectivity index (χ0) is 21.0. The topological polar surface area (TPSA) is 70.4 Å². The van der Waals surface area contributed by atoms with E-state index in [0.717, 1.165) is 17.2 Å². The normalized spacial score (nSPS) is 18.0. The van der Waals surface area contributed by atoms with Crippen LogP contribution in [0.2, 0.25) is 0 Å². The second-order valence-electron chi connectivity index (χ2n) is 7.27. The van der Waals surface area contributed by atoms with E-state index < -0.39 is 21.7 Å². The lowest BCUT2D eigenvalue weighted by Gasteiger charge is -2.13. The lowest BCUT2D eigenvalue weighted by atomic mass is 10.0. The molecule has 1 unspecified atom stereocenters. The molecule has 1 aliphatic carbocycles. The molecule has 6 nitrogen and oxygen atoms in total. The maximum atomic E-state index is 13.3. The van der Waals surface area contributed by atoms with Crippen molar-refractivity contribution in [3.63, 3.8) is 0 Å². The van der Waals surface area contributed by atoms with Crippen LogP contribution in [0.15, 0.2) is 41.6 Å². The Kier molecular flexibility index (Phi) is 4.53. The fourth-order valence-corrected chi connectivity index (χ4v) is 4.05. The molecule has 0 bridgehead atoms. The summed E-state index contributed by atoms with van der Waals surface area (Å²) in [5, 5.41) is 0.784. The van der Waals surface area contributed by atoms with Crippen molar-refractivity contribution in [3.05, 3.63) is 36.7 Å². The first-order valence-electron chi connectivity index (χ1n) is 8.95. The molecule has 4 rings (SSSR count). The molecule has 1 atom stereocenters. The highest BCUT2D eigenvalue weighted by Gasteiger charge is 2.57. The fourth-order valence-electron chi connectivity index (χ4n) is 3.40. The minimum absolute atomic E-state index is 0.120. The van der Waals surface area contributed by atoms with Gasteiger partial charge in [0, 0.05) is 48.6 Å². The second kappa shape index (κ2) is 6.69. The van der Waals surface area contributed by atoms with Crippen molar-refractivity contribution >= 4 is 20.7 Å². The molecular formula is C20H20F2N2O4S. The molecule has 1 aliphatic rings. The van der Waals surface area contributed by atoms with E-state index in [1.165, 1.54) is 25.3 Å². The van der Waals surface area contributed by atoms with E-state index in [9.17, 15) is 17.2 Å². The molecule has 0 radical (unpaired) electrons. The number of benzene rings is 1. The summed E-state index contributed by atoms with van der Waals surface area (Å²) in [4.78, 5) is 4.32. The van der Waals surface area contributed by atoms with Gasteiger partial charge in [0.15, 0.2) is 9.84 Å². The van der Waals surface area contributed by atoms with E-state index in [2.05, 4.69) is 4.98 Å². The van der Waals surface area contributed by atoms with Crippen molar-refractivity contribution in [2.45, 2.75) is 17.2 Å². The Labute approximate surface area is 167 Å². The summed E-state index contributed by atoms with van der Waals surface area (Å²) in [6, 6.07) is 6.24. The van der Waals surface area contributed by atoms with Gasteiger partial charge in [0.1, 0.15) is 11.3 Å². The Hall–Kier alpha value is -2.68. The number of sulfone groups is 1. The molecule has 2 heterocycles. The van der Waals surface area contributed by atoms with Crippen LogP contribution < -0.4 is 9.47 Å². The first-order chi connectivity index (χ1) is 13.6. The third-order valence-electron chi connectivity index (χ3n) is 5.11. The van der Waals surface area contributed by atoms with E-state index in [0.29, 0.717) is 22.8 Å². The number of fused-ring (bicyclic) bond motifs is 1. The van der Waals surface area contributed by atoms with E-state index in [4.69, 9.17) is 9.47 Å². The van der Waals surface area contributed by atoms with Gasteiger partial charge in [-0.05, 0) is 24.3 Å². The summed E-state index contributed by atoms with van der Waals surface area (Å²) in [5.41, 5.74) is 1.94. The van der Waals surface area contributed by atoms with Crippen LogP contribution in [0.1, 0.15) is 6.42 Å². The number of ether oxygens (including phenoxy) is 2. The number of nitrogens with zero attached hydrogens (tertiary/aromatic N) is 2. The van der Waals surface area contributed by atoms with Crippen molar-refractivity contribution in [1.29, 1.82) is 0 Å². The maximum Gasteiger partial charge on any atom is 0.255 e. The Balaban J connectivity index is 1.85. The van der Waals surface area contributed by atoms with E-state index in [1.807, 2.05) is 17.8 Å². The van der Waals surface area contributed by atoms with Crippen LogP contribution in [0, 0.1) is 5.92 Å². The third kappa shape index (κ3) is 3.55. The van der Waals surface area contributed by atoms with Crippen LogP contribution in [0.25, 0.3) is 22.0 Å². The highest BCUT2D eigenvalue weighted by molar-refractivity contribution is 7.90. The second-order valence-corrected chi connectivity index (χ2v) is 9.29. The average molecular weight is 422 g/mol. The van der Waals surface area contributed by atoms with Gasteiger partial charge in [-0.15, -0.1) is 0 Å². The number of aryl methyl sites for hydroxylation is 1. The molecule has 0 aliphatic heterocycles.